The Kier molecular flexibility index (Phi) is 5.69. The number of furan rings is 1. The molecule has 1 aliphatic heterocycles. The van der Waals surface area contributed by atoms with Crippen LogP contribution < -0.4 is 0 Å². The molecule has 0 saturated carbocycles. The predicted molar refractivity (Wildman–Crippen MR) is 100 cm³/mol. The second kappa shape index (κ2) is 7.84. The number of amides is 1. The van der Waals surface area contributed by atoms with Crippen LogP contribution in [0.25, 0.3) is 0 Å². The van der Waals surface area contributed by atoms with Crippen molar-refractivity contribution in [2.24, 2.45) is 11.8 Å². The third-order valence-corrected chi connectivity index (χ3v) is 6.19. The molecular weight excluding hydrogens is 369 g/mol. The highest BCUT2D eigenvalue weighted by Crippen LogP contribution is 2.23. The minimum Gasteiger partial charge on any atom is -0.455 e. The molecule has 146 valence electrons. The highest BCUT2D eigenvalue weighted by Gasteiger charge is 2.28. The number of hydrogen-bond acceptors (Lipinski definition) is 4. The van der Waals surface area contributed by atoms with Gasteiger partial charge in [-0.1, -0.05) is 26.0 Å². The molecule has 3 rings (SSSR count). The van der Waals surface area contributed by atoms with Gasteiger partial charge >= 0.3 is 0 Å². The number of benzene rings is 1. The standard InChI is InChI=1S/C20H24FNO4S/c1-14-9-15(2)11-22(10-14)20(23)19-8-7-18(26-19)13-27(24,25)12-16-3-5-17(21)6-4-16/h3-8,14-15H,9-13H2,1-2H3. The summed E-state index contributed by atoms with van der Waals surface area (Å²) in [5, 5.41) is 0. The maximum Gasteiger partial charge on any atom is 0.289 e. The average Bonchev–Trinajstić information content (AvgIpc) is 3.02. The number of carbonyl (C=O) groups excluding carboxylic acids is 1. The molecule has 1 saturated heterocycles. The van der Waals surface area contributed by atoms with Crippen LogP contribution in [0.3, 0.4) is 0 Å². The Morgan fingerprint density at radius 2 is 1.70 bits per heavy atom. The maximum absolute atomic E-state index is 12.9. The molecule has 1 aromatic carbocycles. The second-order valence-corrected chi connectivity index (χ2v) is 9.65. The second-order valence-electron chi connectivity index (χ2n) is 7.58. The molecule has 5 nitrogen and oxygen atoms in total. The van der Waals surface area contributed by atoms with Crippen LogP contribution in [-0.2, 0) is 21.3 Å². The summed E-state index contributed by atoms with van der Waals surface area (Å²) < 4.78 is 43.2. The summed E-state index contributed by atoms with van der Waals surface area (Å²) >= 11 is 0. The molecule has 1 amide bonds. The lowest BCUT2D eigenvalue weighted by Gasteiger charge is -2.34. The molecule has 0 spiro atoms. The monoisotopic (exact) mass is 393 g/mol. The van der Waals surface area contributed by atoms with Crippen molar-refractivity contribution in [2.75, 3.05) is 13.1 Å². The van der Waals surface area contributed by atoms with E-state index in [1.54, 1.807) is 4.90 Å². The number of carbonyl (C=O) groups is 1. The summed E-state index contributed by atoms with van der Waals surface area (Å²) in [5.41, 5.74) is 0.510. The SMILES string of the molecule is CC1CC(C)CN(C(=O)c2ccc(CS(=O)(=O)Cc3ccc(F)cc3)o2)C1. The highest BCUT2D eigenvalue weighted by molar-refractivity contribution is 7.89. The lowest BCUT2D eigenvalue weighted by molar-refractivity contribution is 0.0590. The third kappa shape index (κ3) is 5.19. The summed E-state index contributed by atoms with van der Waals surface area (Å²) in [6.45, 7) is 5.60. The molecule has 1 aromatic heterocycles. The zero-order chi connectivity index (χ0) is 19.6. The number of likely N-dealkylation sites (tertiary alicyclic amines) is 1. The van der Waals surface area contributed by atoms with E-state index in [9.17, 15) is 17.6 Å². The molecular formula is C20H24FNO4S. The number of nitrogens with zero attached hydrogens (tertiary/aromatic N) is 1. The molecule has 0 aliphatic carbocycles. The minimum atomic E-state index is -3.50. The quantitative estimate of drug-likeness (QED) is 0.778. The molecule has 2 atom stereocenters. The maximum atomic E-state index is 12.9. The fraction of sp³-hybridized carbons (Fsp3) is 0.450. The molecule has 1 aliphatic rings. The Morgan fingerprint density at radius 1 is 1.07 bits per heavy atom. The molecule has 0 N–H and O–H groups in total. The van der Waals surface area contributed by atoms with Gasteiger partial charge in [0.1, 0.15) is 17.3 Å². The van der Waals surface area contributed by atoms with Crippen LogP contribution in [0.15, 0.2) is 40.8 Å². The van der Waals surface area contributed by atoms with E-state index >= 15 is 0 Å². The summed E-state index contributed by atoms with van der Waals surface area (Å²) in [4.78, 5) is 14.4. The van der Waals surface area contributed by atoms with Crippen molar-refractivity contribution in [3.63, 3.8) is 0 Å². The van der Waals surface area contributed by atoms with E-state index in [0.717, 1.165) is 6.42 Å². The lowest BCUT2D eigenvalue weighted by Crippen LogP contribution is -2.42. The average molecular weight is 393 g/mol. The van der Waals surface area contributed by atoms with Crippen LogP contribution in [0.1, 0.15) is 42.1 Å². The van der Waals surface area contributed by atoms with Gasteiger partial charge in [-0.15, -0.1) is 0 Å². The molecule has 2 heterocycles. The van der Waals surface area contributed by atoms with Crippen LogP contribution in [-0.4, -0.2) is 32.3 Å². The van der Waals surface area contributed by atoms with Gasteiger partial charge in [-0.3, -0.25) is 4.79 Å². The Morgan fingerprint density at radius 3 is 2.33 bits per heavy atom. The normalized spacial score (nSPS) is 20.6. The van der Waals surface area contributed by atoms with Gasteiger partial charge in [-0.2, -0.15) is 0 Å². The molecule has 2 aromatic rings. The van der Waals surface area contributed by atoms with Crippen LogP contribution in [0.5, 0.6) is 0 Å². The van der Waals surface area contributed by atoms with E-state index in [2.05, 4.69) is 13.8 Å². The largest absolute Gasteiger partial charge is 0.455 e. The molecule has 0 radical (unpaired) electrons. The van der Waals surface area contributed by atoms with Gasteiger partial charge in [0, 0.05) is 13.1 Å². The fourth-order valence-electron chi connectivity index (χ4n) is 3.66. The summed E-state index contributed by atoms with van der Waals surface area (Å²) in [5.74, 6) is 0.152. The van der Waals surface area contributed by atoms with Crippen LogP contribution in [0, 0.1) is 17.7 Å². The van der Waals surface area contributed by atoms with E-state index < -0.39 is 15.7 Å². The van der Waals surface area contributed by atoms with E-state index in [1.165, 1.54) is 36.4 Å². The Hall–Kier alpha value is -2.15. The first-order valence-corrected chi connectivity index (χ1v) is 10.9. The summed E-state index contributed by atoms with van der Waals surface area (Å²) in [7, 11) is -3.50. The minimum absolute atomic E-state index is 0.170. The smallest absolute Gasteiger partial charge is 0.289 e. The van der Waals surface area contributed by atoms with Crippen molar-refractivity contribution < 1.29 is 22.0 Å². The van der Waals surface area contributed by atoms with Gasteiger partial charge < -0.3 is 9.32 Å². The van der Waals surface area contributed by atoms with Crippen molar-refractivity contribution in [1.82, 2.24) is 4.90 Å². The third-order valence-electron chi connectivity index (χ3n) is 4.69. The fourth-order valence-corrected chi connectivity index (χ4v) is 5.05. The van der Waals surface area contributed by atoms with Crippen LogP contribution >= 0.6 is 0 Å². The van der Waals surface area contributed by atoms with E-state index in [-0.39, 0.29) is 28.9 Å². The first-order valence-electron chi connectivity index (χ1n) is 9.04. The first kappa shape index (κ1) is 19.6. The molecule has 27 heavy (non-hydrogen) atoms. The van der Waals surface area contributed by atoms with Crippen LogP contribution in [0.4, 0.5) is 4.39 Å². The van der Waals surface area contributed by atoms with Gasteiger partial charge in [0.25, 0.3) is 5.91 Å². The molecule has 0 bridgehead atoms. The van der Waals surface area contributed by atoms with Crippen molar-refractivity contribution in [2.45, 2.75) is 31.8 Å². The Balaban J connectivity index is 1.66. The molecule has 2 unspecified atom stereocenters. The number of piperidine rings is 1. The molecule has 7 heteroatoms. The van der Waals surface area contributed by atoms with E-state index in [4.69, 9.17) is 4.42 Å². The van der Waals surface area contributed by atoms with Gasteiger partial charge in [0.05, 0.1) is 5.75 Å². The van der Waals surface area contributed by atoms with Gasteiger partial charge in [0.15, 0.2) is 15.6 Å². The van der Waals surface area contributed by atoms with Crippen molar-refractivity contribution in [1.29, 1.82) is 0 Å². The molecule has 1 fully saturated rings. The summed E-state index contributed by atoms with van der Waals surface area (Å²) in [6.07, 6.45) is 1.09. The van der Waals surface area contributed by atoms with Gasteiger partial charge in [-0.25, -0.2) is 12.8 Å². The van der Waals surface area contributed by atoms with E-state index in [1.807, 2.05) is 0 Å². The predicted octanol–water partition coefficient (Wildman–Crippen LogP) is 3.65. The zero-order valence-electron chi connectivity index (χ0n) is 15.5. The van der Waals surface area contributed by atoms with Crippen LogP contribution in [0.2, 0.25) is 0 Å². The number of sulfone groups is 1. The summed E-state index contributed by atoms with van der Waals surface area (Å²) in [6, 6.07) is 8.43. The van der Waals surface area contributed by atoms with Crippen molar-refractivity contribution >= 4 is 15.7 Å². The number of halogens is 1. The first-order chi connectivity index (χ1) is 12.7. The Labute approximate surface area is 159 Å². The topological polar surface area (TPSA) is 67.6 Å². The highest BCUT2D eigenvalue weighted by atomic mass is 32.2. The van der Waals surface area contributed by atoms with Crippen molar-refractivity contribution in [3.8, 4) is 0 Å². The zero-order valence-corrected chi connectivity index (χ0v) is 16.3. The lowest BCUT2D eigenvalue weighted by atomic mass is 9.92. The van der Waals surface area contributed by atoms with E-state index in [0.29, 0.717) is 30.5 Å². The van der Waals surface area contributed by atoms with Crippen molar-refractivity contribution in [3.05, 3.63) is 59.3 Å². The van der Waals surface area contributed by atoms with Gasteiger partial charge in [0.2, 0.25) is 0 Å². The van der Waals surface area contributed by atoms with Gasteiger partial charge in [-0.05, 0) is 48.1 Å². The Bertz CT molecular complexity index is 894. The number of rotatable bonds is 5. The number of hydrogen-bond donors (Lipinski definition) is 0.